The molecule has 0 aliphatic carbocycles. The smallest absolute Gasteiger partial charge is 0.274 e. The summed E-state index contributed by atoms with van der Waals surface area (Å²) in [5, 5.41) is 0. The van der Waals surface area contributed by atoms with Gasteiger partial charge in [0.1, 0.15) is 5.69 Å². The summed E-state index contributed by atoms with van der Waals surface area (Å²) in [4.78, 5) is 37.0. The van der Waals surface area contributed by atoms with Crippen molar-refractivity contribution in [1.29, 1.82) is 0 Å². The first-order valence-electron chi connectivity index (χ1n) is 10.3. The van der Waals surface area contributed by atoms with Crippen molar-refractivity contribution in [2.24, 2.45) is 0 Å². The Bertz CT molecular complexity index is 656. The molecule has 2 fully saturated rings. The van der Waals surface area contributed by atoms with Gasteiger partial charge in [-0.25, -0.2) is 4.98 Å². The van der Waals surface area contributed by atoms with E-state index in [1.54, 1.807) is 4.90 Å². The van der Waals surface area contributed by atoms with E-state index in [0.717, 1.165) is 0 Å². The number of carbonyl (C=O) groups excluding carboxylic acids is 2. The lowest BCUT2D eigenvalue weighted by Crippen LogP contribution is -2.48. The molecule has 0 aromatic carbocycles. The number of piperidine rings is 1. The van der Waals surface area contributed by atoms with E-state index in [1.165, 1.54) is 18.6 Å². The van der Waals surface area contributed by atoms with E-state index < -0.39 is 5.79 Å². The van der Waals surface area contributed by atoms with Crippen molar-refractivity contribution in [3.8, 4) is 0 Å². The fourth-order valence-corrected chi connectivity index (χ4v) is 3.66. The van der Waals surface area contributed by atoms with Crippen LogP contribution in [0.3, 0.4) is 0 Å². The van der Waals surface area contributed by atoms with Gasteiger partial charge in [0.25, 0.3) is 5.91 Å². The first-order chi connectivity index (χ1) is 14.1. The molecule has 0 atom stereocenters. The number of hydrogen-bond acceptors (Lipinski definition) is 7. The molecule has 2 aliphatic heterocycles. The molecule has 29 heavy (non-hydrogen) atoms. The van der Waals surface area contributed by atoms with Gasteiger partial charge in [0.05, 0.1) is 19.4 Å². The maximum Gasteiger partial charge on any atom is 0.274 e. The van der Waals surface area contributed by atoms with Crippen molar-refractivity contribution in [3.05, 3.63) is 24.3 Å². The molecule has 0 N–H and O–H groups in total. The van der Waals surface area contributed by atoms with Crippen LogP contribution in [0.25, 0.3) is 0 Å². The van der Waals surface area contributed by atoms with Gasteiger partial charge in [-0.2, -0.15) is 0 Å². The highest BCUT2D eigenvalue weighted by molar-refractivity contribution is 5.92. The van der Waals surface area contributed by atoms with E-state index in [9.17, 15) is 9.59 Å². The van der Waals surface area contributed by atoms with E-state index in [-0.39, 0.29) is 23.9 Å². The van der Waals surface area contributed by atoms with Gasteiger partial charge >= 0.3 is 0 Å². The fourth-order valence-electron chi connectivity index (χ4n) is 3.66. The lowest BCUT2D eigenvalue weighted by atomic mass is 10.0. The number of amides is 2. The normalized spacial score (nSPS) is 18.2. The molecule has 9 nitrogen and oxygen atoms in total. The molecule has 0 saturated carbocycles. The summed E-state index contributed by atoms with van der Waals surface area (Å²) in [5.41, 5.74) is 0.284. The van der Waals surface area contributed by atoms with Gasteiger partial charge in [0.2, 0.25) is 5.91 Å². The summed E-state index contributed by atoms with van der Waals surface area (Å²) in [5.74, 6) is -0.670. The standard InChI is InChI=1S/C20H30N4O5/c1-2-27-13-3-9-24(19(26)17-16-21-7-8-22-17)10-4-18(25)23-11-5-20(6-12-23)28-14-15-29-20/h7-8,16H,2-6,9-15H2,1H3. The average molecular weight is 406 g/mol. The topological polar surface area (TPSA) is 94.1 Å². The second-order valence-electron chi connectivity index (χ2n) is 7.17. The third-order valence-corrected chi connectivity index (χ3v) is 5.28. The summed E-state index contributed by atoms with van der Waals surface area (Å²) >= 11 is 0. The highest BCUT2D eigenvalue weighted by Crippen LogP contribution is 2.31. The lowest BCUT2D eigenvalue weighted by molar-refractivity contribution is -0.187. The van der Waals surface area contributed by atoms with Gasteiger partial charge in [0, 0.05) is 71.0 Å². The number of ether oxygens (including phenoxy) is 3. The van der Waals surface area contributed by atoms with Crippen LogP contribution in [-0.4, -0.2) is 90.0 Å². The second kappa shape index (κ2) is 10.6. The zero-order valence-corrected chi connectivity index (χ0v) is 17.0. The number of hydrogen-bond donors (Lipinski definition) is 0. The zero-order chi connectivity index (χ0) is 20.5. The molecule has 2 saturated heterocycles. The van der Waals surface area contributed by atoms with E-state index >= 15 is 0 Å². The molecular weight excluding hydrogens is 376 g/mol. The van der Waals surface area contributed by atoms with E-state index in [4.69, 9.17) is 14.2 Å². The van der Waals surface area contributed by atoms with Gasteiger partial charge in [0.15, 0.2) is 5.79 Å². The lowest BCUT2D eigenvalue weighted by Gasteiger charge is -2.37. The van der Waals surface area contributed by atoms with Crippen molar-refractivity contribution in [1.82, 2.24) is 19.8 Å². The molecule has 1 aromatic rings. The Hall–Kier alpha value is -2.10. The molecule has 1 aromatic heterocycles. The maximum absolute atomic E-state index is 12.8. The molecule has 0 bridgehead atoms. The van der Waals surface area contributed by atoms with Crippen LogP contribution >= 0.6 is 0 Å². The Morgan fingerprint density at radius 3 is 2.62 bits per heavy atom. The van der Waals surface area contributed by atoms with Crippen molar-refractivity contribution < 1.29 is 23.8 Å². The van der Waals surface area contributed by atoms with Crippen LogP contribution in [0.1, 0.15) is 43.1 Å². The number of aromatic nitrogens is 2. The van der Waals surface area contributed by atoms with Gasteiger partial charge in [-0.15, -0.1) is 0 Å². The van der Waals surface area contributed by atoms with Crippen molar-refractivity contribution >= 4 is 11.8 Å². The van der Waals surface area contributed by atoms with Crippen molar-refractivity contribution in [2.75, 3.05) is 52.6 Å². The van der Waals surface area contributed by atoms with E-state index in [2.05, 4.69) is 9.97 Å². The molecular formula is C20H30N4O5. The summed E-state index contributed by atoms with van der Waals surface area (Å²) in [6.45, 7) is 6.46. The Kier molecular flexibility index (Phi) is 7.91. The predicted molar refractivity (Wildman–Crippen MR) is 104 cm³/mol. The third-order valence-electron chi connectivity index (χ3n) is 5.28. The average Bonchev–Trinajstić information content (AvgIpc) is 3.21. The van der Waals surface area contributed by atoms with Gasteiger partial charge < -0.3 is 24.0 Å². The Balaban J connectivity index is 1.51. The minimum absolute atomic E-state index is 0.0413. The SMILES string of the molecule is CCOCCCN(CCC(=O)N1CCC2(CC1)OCCO2)C(=O)c1cnccn1. The van der Waals surface area contributed by atoms with Gasteiger partial charge in [-0.1, -0.05) is 0 Å². The highest BCUT2D eigenvalue weighted by atomic mass is 16.7. The van der Waals surface area contributed by atoms with E-state index in [1.807, 2.05) is 11.8 Å². The maximum atomic E-state index is 12.8. The first-order valence-corrected chi connectivity index (χ1v) is 10.3. The molecule has 1 spiro atoms. The summed E-state index contributed by atoms with van der Waals surface area (Å²) in [6, 6.07) is 0. The molecule has 0 unspecified atom stereocenters. The monoisotopic (exact) mass is 406 g/mol. The summed E-state index contributed by atoms with van der Waals surface area (Å²) in [7, 11) is 0. The molecule has 3 heterocycles. The quantitative estimate of drug-likeness (QED) is 0.567. The summed E-state index contributed by atoms with van der Waals surface area (Å²) in [6.07, 6.45) is 6.83. The predicted octanol–water partition coefficient (Wildman–Crippen LogP) is 1.10. The van der Waals surface area contributed by atoms with E-state index in [0.29, 0.717) is 71.9 Å². The molecule has 9 heteroatoms. The van der Waals surface area contributed by atoms with Gasteiger partial charge in [-0.05, 0) is 13.3 Å². The van der Waals surface area contributed by atoms with Crippen LogP contribution in [0, 0.1) is 0 Å². The number of likely N-dealkylation sites (tertiary alicyclic amines) is 1. The Morgan fingerprint density at radius 1 is 1.21 bits per heavy atom. The van der Waals surface area contributed by atoms with Crippen molar-refractivity contribution in [3.63, 3.8) is 0 Å². The number of nitrogens with zero attached hydrogens (tertiary/aromatic N) is 4. The highest BCUT2D eigenvalue weighted by Gasteiger charge is 2.40. The van der Waals surface area contributed by atoms with Crippen LogP contribution in [0.2, 0.25) is 0 Å². The van der Waals surface area contributed by atoms with Crippen LogP contribution in [-0.2, 0) is 19.0 Å². The third kappa shape index (κ3) is 5.94. The van der Waals surface area contributed by atoms with Crippen LogP contribution in [0.4, 0.5) is 0 Å². The Labute approximate surface area is 171 Å². The molecule has 3 rings (SSSR count). The number of carbonyl (C=O) groups is 2. The zero-order valence-electron chi connectivity index (χ0n) is 17.0. The van der Waals surface area contributed by atoms with Crippen LogP contribution < -0.4 is 0 Å². The minimum atomic E-state index is -0.496. The second-order valence-corrected chi connectivity index (χ2v) is 7.17. The van der Waals surface area contributed by atoms with Crippen LogP contribution in [0.15, 0.2) is 18.6 Å². The largest absolute Gasteiger partial charge is 0.382 e. The Morgan fingerprint density at radius 2 is 1.97 bits per heavy atom. The van der Waals surface area contributed by atoms with Gasteiger partial charge in [-0.3, -0.25) is 14.6 Å². The fraction of sp³-hybridized carbons (Fsp3) is 0.700. The summed E-state index contributed by atoms with van der Waals surface area (Å²) < 4.78 is 16.8. The molecule has 2 aliphatic rings. The van der Waals surface area contributed by atoms with Crippen LogP contribution in [0.5, 0.6) is 0 Å². The molecule has 160 valence electrons. The van der Waals surface area contributed by atoms with Crippen molar-refractivity contribution in [2.45, 2.75) is 38.4 Å². The minimum Gasteiger partial charge on any atom is -0.382 e. The first kappa shape index (κ1) is 21.6. The molecule has 0 radical (unpaired) electrons. The number of rotatable bonds is 9. The molecule has 2 amide bonds.